The zero-order valence-corrected chi connectivity index (χ0v) is 12.3. The number of rotatable bonds is 6. The van der Waals surface area contributed by atoms with E-state index in [2.05, 4.69) is 18.7 Å². The van der Waals surface area contributed by atoms with Crippen LogP contribution < -0.4 is 0 Å². The summed E-state index contributed by atoms with van der Waals surface area (Å²) >= 11 is 0. The van der Waals surface area contributed by atoms with Crippen molar-refractivity contribution in [3.63, 3.8) is 0 Å². The Kier molecular flexibility index (Phi) is 5.08. The molecule has 2 aliphatic carbocycles. The number of aliphatic hydroxyl groups is 1. The first-order chi connectivity index (χ1) is 8.67. The first kappa shape index (κ1) is 14.3. The van der Waals surface area contributed by atoms with Crippen LogP contribution in [-0.2, 0) is 0 Å². The summed E-state index contributed by atoms with van der Waals surface area (Å²) in [6.45, 7) is 8.56. The van der Waals surface area contributed by atoms with Gasteiger partial charge in [-0.15, -0.1) is 0 Å². The predicted molar refractivity (Wildman–Crippen MR) is 76.6 cm³/mol. The third-order valence-electron chi connectivity index (χ3n) is 5.27. The van der Waals surface area contributed by atoms with Crippen molar-refractivity contribution in [1.29, 1.82) is 0 Å². The molecule has 0 heterocycles. The molecule has 0 aromatic carbocycles. The van der Waals surface area contributed by atoms with Crippen LogP contribution in [-0.4, -0.2) is 36.2 Å². The van der Waals surface area contributed by atoms with E-state index in [1.165, 1.54) is 51.5 Å². The Morgan fingerprint density at radius 3 is 2.50 bits per heavy atom. The number of hydrogen-bond donors (Lipinski definition) is 1. The quantitative estimate of drug-likeness (QED) is 0.785. The molecule has 0 radical (unpaired) electrons. The highest BCUT2D eigenvalue weighted by Crippen LogP contribution is 2.40. The van der Waals surface area contributed by atoms with Gasteiger partial charge in [0, 0.05) is 25.1 Å². The molecule has 0 aromatic heterocycles. The Balaban J connectivity index is 1.89. The lowest BCUT2D eigenvalue weighted by Gasteiger charge is -2.43. The lowest BCUT2D eigenvalue weighted by Crippen LogP contribution is -2.45. The van der Waals surface area contributed by atoms with Gasteiger partial charge in [0.25, 0.3) is 0 Å². The fraction of sp³-hybridized carbons (Fsp3) is 1.00. The van der Waals surface area contributed by atoms with E-state index >= 15 is 0 Å². The van der Waals surface area contributed by atoms with Gasteiger partial charge in [-0.3, -0.25) is 0 Å². The molecule has 2 fully saturated rings. The zero-order chi connectivity index (χ0) is 13.0. The summed E-state index contributed by atoms with van der Waals surface area (Å²) in [7, 11) is 0. The van der Waals surface area contributed by atoms with E-state index in [1.54, 1.807) is 0 Å². The highest BCUT2D eigenvalue weighted by molar-refractivity contribution is 4.88. The molecule has 0 saturated heterocycles. The minimum absolute atomic E-state index is 0.206. The molecule has 106 valence electrons. The third-order valence-corrected chi connectivity index (χ3v) is 5.27. The SMILES string of the molecule is CCN(CC1CCC1)CC1(CO)CCCC(C)C1. The highest BCUT2D eigenvalue weighted by atomic mass is 16.3. The van der Waals surface area contributed by atoms with Crippen LogP contribution in [0.15, 0.2) is 0 Å². The fourth-order valence-electron chi connectivity index (χ4n) is 3.93. The van der Waals surface area contributed by atoms with Crippen molar-refractivity contribution >= 4 is 0 Å². The normalized spacial score (nSPS) is 33.7. The Bertz CT molecular complexity index is 251. The van der Waals surface area contributed by atoms with Crippen LogP contribution >= 0.6 is 0 Å². The topological polar surface area (TPSA) is 23.5 Å². The van der Waals surface area contributed by atoms with E-state index in [0.29, 0.717) is 6.61 Å². The molecular formula is C16H31NO. The van der Waals surface area contributed by atoms with Crippen LogP contribution in [0.5, 0.6) is 0 Å². The molecule has 18 heavy (non-hydrogen) atoms. The second-order valence-corrected chi connectivity index (χ2v) is 6.98. The van der Waals surface area contributed by atoms with E-state index in [-0.39, 0.29) is 5.41 Å². The lowest BCUT2D eigenvalue weighted by molar-refractivity contribution is 0.0171. The van der Waals surface area contributed by atoms with E-state index in [4.69, 9.17) is 0 Å². The van der Waals surface area contributed by atoms with Gasteiger partial charge in [-0.1, -0.05) is 33.1 Å². The van der Waals surface area contributed by atoms with Gasteiger partial charge in [-0.25, -0.2) is 0 Å². The first-order valence-electron chi connectivity index (χ1n) is 8.00. The molecular weight excluding hydrogens is 222 g/mol. The molecule has 0 aliphatic heterocycles. The van der Waals surface area contributed by atoms with Gasteiger partial charge in [0.2, 0.25) is 0 Å². The van der Waals surface area contributed by atoms with Gasteiger partial charge in [-0.05, 0) is 44.1 Å². The first-order valence-corrected chi connectivity index (χ1v) is 8.00. The summed E-state index contributed by atoms with van der Waals surface area (Å²) in [4.78, 5) is 2.61. The number of hydrogen-bond acceptors (Lipinski definition) is 2. The van der Waals surface area contributed by atoms with Crippen LogP contribution in [0.1, 0.15) is 58.8 Å². The van der Waals surface area contributed by atoms with Crippen LogP contribution in [0.4, 0.5) is 0 Å². The van der Waals surface area contributed by atoms with Gasteiger partial charge in [0.1, 0.15) is 0 Å². The monoisotopic (exact) mass is 253 g/mol. The van der Waals surface area contributed by atoms with E-state index < -0.39 is 0 Å². The van der Waals surface area contributed by atoms with E-state index in [0.717, 1.165) is 24.9 Å². The molecule has 2 heteroatoms. The fourth-order valence-corrected chi connectivity index (χ4v) is 3.93. The molecule has 2 aliphatic rings. The minimum Gasteiger partial charge on any atom is -0.396 e. The van der Waals surface area contributed by atoms with Crippen LogP contribution in [0.2, 0.25) is 0 Å². The zero-order valence-electron chi connectivity index (χ0n) is 12.3. The molecule has 0 aromatic rings. The van der Waals surface area contributed by atoms with Crippen molar-refractivity contribution in [2.75, 3.05) is 26.2 Å². The maximum absolute atomic E-state index is 9.88. The van der Waals surface area contributed by atoms with E-state index in [1.807, 2.05) is 0 Å². The minimum atomic E-state index is 0.206. The summed E-state index contributed by atoms with van der Waals surface area (Å²) in [6.07, 6.45) is 9.42. The molecule has 2 atom stereocenters. The average Bonchev–Trinajstić information content (AvgIpc) is 2.32. The average molecular weight is 253 g/mol. The van der Waals surface area contributed by atoms with Crippen LogP contribution in [0, 0.1) is 17.3 Å². The summed E-state index contributed by atoms with van der Waals surface area (Å²) in [6, 6.07) is 0. The third kappa shape index (κ3) is 3.48. The molecule has 0 bridgehead atoms. The van der Waals surface area contributed by atoms with Crippen molar-refractivity contribution < 1.29 is 5.11 Å². The summed E-state index contributed by atoms with van der Waals surface area (Å²) < 4.78 is 0. The predicted octanol–water partition coefficient (Wildman–Crippen LogP) is 3.30. The summed E-state index contributed by atoms with van der Waals surface area (Å²) in [5, 5.41) is 9.88. The van der Waals surface area contributed by atoms with Gasteiger partial charge in [0.05, 0.1) is 0 Å². The maximum Gasteiger partial charge on any atom is 0.0499 e. The van der Waals surface area contributed by atoms with E-state index in [9.17, 15) is 5.11 Å². The standard InChI is InChI=1S/C16H31NO/c1-3-17(11-15-7-4-8-15)12-16(13-18)9-5-6-14(2)10-16/h14-15,18H,3-13H2,1-2H3. The Morgan fingerprint density at radius 1 is 1.22 bits per heavy atom. The highest BCUT2D eigenvalue weighted by Gasteiger charge is 2.36. The van der Waals surface area contributed by atoms with Crippen molar-refractivity contribution in [2.45, 2.75) is 58.8 Å². The van der Waals surface area contributed by atoms with Crippen molar-refractivity contribution in [2.24, 2.45) is 17.3 Å². The molecule has 2 unspecified atom stereocenters. The second-order valence-electron chi connectivity index (χ2n) is 6.98. The second kappa shape index (κ2) is 6.38. The molecule has 2 nitrogen and oxygen atoms in total. The largest absolute Gasteiger partial charge is 0.396 e. The Hall–Kier alpha value is -0.0800. The van der Waals surface area contributed by atoms with Gasteiger partial charge in [0.15, 0.2) is 0 Å². The number of nitrogens with zero attached hydrogens (tertiary/aromatic N) is 1. The van der Waals surface area contributed by atoms with Crippen molar-refractivity contribution in [1.82, 2.24) is 4.90 Å². The summed E-state index contributed by atoms with van der Waals surface area (Å²) in [5.41, 5.74) is 0.206. The van der Waals surface area contributed by atoms with Gasteiger partial charge in [-0.2, -0.15) is 0 Å². The van der Waals surface area contributed by atoms with Crippen molar-refractivity contribution in [3.05, 3.63) is 0 Å². The molecule has 2 saturated carbocycles. The lowest BCUT2D eigenvalue weighted by atomic mass is 9.70. The molecule has 2 rings (SSSR count). The van der Waals surface area contributed by atoms with Crippen LogP contribution in [0.3, 0.4) is 0 Å². The van der Waals surface area contributed by atoms with Gasteiger partial charge < -0.3 is 10.0 Å². The number of aliphatic hydroxyl groups excluding tert-OH is 1. The molecule has 0 amide bonds. The maximum atomic E-state index is 9.88. The molecule has 1 N–H and O–H groups in total. The van der Waals surface area contributed by atoms with Gasteiger partial charge >= 0.3 is 0 Å². The Labute approximate surface area is 113 Å². The Morgan fingerprint density at radius 2 is 2.00 bits per heavy atom. The van der Waals surface area contributed by atoms with Crippen LogP contribution in [0.25, 0.3) is 0 Å². The smallest absolute Gasteiger partial charge is 0.0499 e. The summed E-state index contributed by atoms with van der Waals surface area (Å²) in [5.74, 6) is 1.75. The van der Waals surface area contributed by atoms with Crippen molar-refractivity contribution in [3.8, 4) is 0 Å². The molecule has 0 spiro atoms.